The molecular formula is C12H18N4O3. The largest absolute Gasteiger partial charge is 0.458 e. The summed E-state index contributed by atoms with van der Waals surface area (Å²) in [4.78, 5) is 25.8. The Bertz CT molecular complexity index is 464. The van der Waals surface area contributed by atoms with Gasteiger partial charge in [0, 0.05) is 6.54 Å². The number of carbonyl (C=O) groups is 2. The molecule has 0 bridgehead atoms. The molecule has 0 aliphatic carbocycles. The van der Waals surface area contributed by atoms with Crippen LogP contribution < -0.4 is 0 Å². The van der Waals surface area contributed by atoms with Gasteiger partial charge in [0.2, 0.25) is 0 Å². The number of carbonyl (C=O) groups excluding carboxylic acids is 2. The minimum atomic E-state index is -0.553. The Labute approximate surface area is 111 Å². The first-order valence-corrected chi connectivity index (χ1v) is 6.28. The van der Waals surface area contributed by atoms with Crippen molar-refractivity contribution in [2.45, 2.75) is 45.3 Å². The molecule has 1 aromatic heterocycles. The summed E-state index contributed by atoms with van der Waals surface area (Å²) < 4.78 is 5.34. The fraction of sp³-hybridized carbons (Fsp3) is 0.667. The van der Waals surface area contributed by atoms with Crippen molar-refractivity contribution in [3.05, 3.63) is 11.9 Å². The molecule has 1 saturated heterocycles. The third kappa shape index (κ3) is 3.10. The summed E-state index contributed by atoms with van der Waals surface area (Å²) in [7, 11) is 0. The zero-order chi connectivity index (χ0) is 14.0. The third-order valence-corrected chi connectivity index (χ3v) is 2.83. The lowest BCUT2D eigenvalue weighted by molar-refractivity contribution is -0.159. The van der Waals surface area contributed by atoms with Gasteiger partial charge in [-0.1, -0.05) is 0 Å². The van der Waals surface area contributed by atoms with Crippen LogP contribution in [0.15, 0.2) is 6.20 Å². The summed E-state index contributed by atoms with van der Waals surface area (Å²) in [6, 6.07) is -0.525. The smallest absolute Gasteiger partial charge is 0.329 e. The SMILES string of the molecule is CC(C)(C)OC(=O)[C@@H]1CCCN1C(=O)c1cn[nH]n1. The standard InChI is InChI=1S/C12H18N4O3/c1-12(2,3)19-11(18)9-5-4-6-16(9)10(17)8-7-13-15-14-8/h7,9H,4-6H2,1-3H3,(H,13,14,15)/t9-/m0/s1. The van der Waals surface area contributed by atoms with E-state index >= 15 is 0 Å². The van der Waals surface area contributed by atoms with E-state index in [0.717, 1.165) is 6.42 Å². The second kappa shape index (κ2) is 4.99. The second-order valence-corrected chi connectivity index (χ2v) is 5.55. The van der Waals surface area contributed by atoms with Gasteiger partial charge in [0.15, 0.2) is 5.69 Å². The summed E-state index contributed by atoms with van der Waals surface area (Å²) in [5.41, 5.74) is -0.335. The van der Waals surface area contributed by atoms with Crippen molar-refractivity contribution in [2.75, 3.05) is 6.54 Å². The van der Waals surface area contributed by atoms with Gasteiger partial charge in [-0.2, -0.15) is 15.4 Å². The van der Waals surface area contributed by atoms with Crippen LogP contribution in [0.2, 0.25) is 0 Å². The molecule has 2 heterocycles. The number of H-pyrrole nitrogens is 1. The number of hydrogen-bond acceptors (Lipinski definition) is 5. The van der Waals surface area contributed by atoms with Crippen LogP contribution >= 0.6 is 0 Å². The number of amides is 1. The number of nitrogens with one attached hydrogen (secondary N) is 1. The quantitative estimate of drug-likeness (QED) is 0.798. The van der Waals surface area contributed by atoms with Gasteiger partial charge in [-0.05, 0) is 33.6 Å². The van der Waals surface area contributed by atoms with Gasteiger partial charge in [-0.25, -0.2) is 4.79 Å². The zero-order valence-corrected chi connectivity index (χ0v) is 11.3. The van der Waals surface area contributed by atoms with E-state index in [1.165, 1.54) is 11.1 Å². The first-order chi connectivity index (χ1) is 8.88. The monoisotopic (exact) mass is 266 g/mol. The van der Waals surface area contributed by atoms with Crippen molar-refractivity contribution in [1.82, 2.24) is 20.3 Å². The lowest BCUT2D eigenvalue weighted by atomic mass is 10.1. The molecule has 0 spiro atoms. The number of hydrogen-bond donors (Lipinski definition) is 1. The molecular weight excluding hydrogens is 248 g/mol. The maximum absolute atomic E-state index is 12.2. The van der Waals surface area contributed by atoms with E-state index in [1.807, 2.05) is 20.8 Å². The van der Waals surface area contributed by atoms with E-state index in [1.54, 1.807) is 0 Å². The molecule has 1 aromatic rings. The fourth-order valence-corrected chi connectivity index (χ4v) is 2.08. The van der Waals surface area contributed by atoms with Gasteiger partial charge in [0.25, 0.3) is 5.91 Å². The Morgan fingerprint density at radius 3 is 2.79 bits per heavy atom. The Morgan fingerprint density at radius 2 is 2.21 bits per heavy atom. The Balaban J connectivity index is 2.09. The van der Waals surface area contributed by atoms with Crippen LogP contribution in [-0.2, 0) is 9.53 Å². The molecule has 0 aromatic carbocycles. The molecule has 1 aliphatic heterocycles. The first kappa shape index (κ1) is 13.5. The molecule has 1 atom stereocenters. The molecule has 1 N–H and O–H groups in total. The maximum Gasteiger partial charge on any atom is 0.329 e. The highest BCUT2D eigenvalue weighted by molar-refractivity contribution is 5.95. The number of likely N-dealkylation sites (tertiary alicyclic amines) is 1. The van der Waals surface area contributed by atoms with Gasteiger partial charge in [-0.3, -0.25) is 4.79 Å². The zero-order valence-electron chi connectivity index (χ0n) is 11.3. The third-order valence-electron chi connectivity index (χ3n) is 2.83. The summed E-state index contributed by atoms with van der Waals surface area (Å²) in [6.45, 7) is 5.96. The highest BCUT2D eigenvalue weighted by Gasteiger charge is 2.37. The van der Waals surface area contributed by atoms with Crippen LogP contribution in [0.25, 0.3) is 0 Å². The Morgan fingerprint density at radius 1 is 1.47 bits per heavy atom. The number of aromatic nitrogens is 3. The van der Waals surface area contributed by atoms with Gasteiger partial charge in [0.05, 0.1) is 6.20 Å². The predicted octanol–water partition coefficient (Wildman–Crippen LogP) is 0.751. The van der Waals surface area contributed by atoms with E-state index < -0.39 is 11.6 Å². The number of aromatic amines is 1. The minimum absolute atomic E-state index is 0.218. The van der Waals surface area contributed by atoms with E-state index in [0.29, 0.717) is 13.0 Å². The van der Waals surface area contributed by atoms with Gasteiger partial charge < -0.3 is 9.64 Å². The summed E-state index contributed by atoms with van der Waals surface area (Å²) in [6.07, 6.45) is 2.76. The van der Waals surface area contributed by atoms with Crippen molar-refractivity contribution in [3.63, 3.8) is 0 Å². The van der Waals surface area contributed by atoms with E-state index in [9.17, 15) is 9.59 Å². The maximum atomic E-state index is 12.2. The number of rotatable bonds is 2. The Kier molecular flexibility index (Phi) is 3.55. The average Bonchev–Trinajstić information content (AvgIpc) is 2.97. The minimum Gasteiger partial charge on any atom is -0.458 e. The molecule has 7 heteroatoms. The van der Waals surface area contributed by atoms with Gasteiger partial charge in [0.1, 0.15) is 11.6 Å². The van der Waals surface area contributed by atoms with Crippen LogP contribution in [0, 0.1) is 0 Å². The molecule has 104 valence electrons. The lowest BCUT2D eigenvalue weighted by Crippen LogP contribution is -2.43. The van der Waals surface area contributed by atoms with Crippen molar-refractivity contribution in [2.24, 2.45) is 0 Å². The normalized spacial score (nSPS) is 19.5. The number of esters is 1. The van der Waals surface area contributed by atoms with Crippen molar-refractivity contribution < 1.29 is 14.3 Å². The van der Waals surface area contributed by atoms with Gasteiger partial charge in [-0.15, -0.1) is 0 Å². The van der Waals surface area contributed by atoms with Crippen LogP contribution in [0.4, 0.5) is 0 Å². The molecule has 0 saturated carbocycles. The predicted molar refractivity (Wildman–Crippen MR) is 66.3 cm³/mol. The topological polar surface area (TPSA) is 88.2 Å². The first-order valence-electron chi connectivity index (χ1n) is 6.28. The highest BCUT2D eigenvalue weighted by atomic mass is 16.6. The van der Waals surface area contributed by atoms with Gasteiger partial charge >= 0.3 is 5.97 Å². The van der Waals surface area contributed by atoms with Crippen LogP contribution in [-0.4, -0.2) is 50.4 Å². The van der Waals surface area contributed by atoms with E-state index in [4.69, 9.17) is 4.74 Å². The molecule has 1 aliphatic rings. The fourth-order valence-electron chi connectivity index (χ4n) is 2.08. The highest BCUT2D eigenvalue weighted by Crippen LogP contribution is 2.22. The summed E-state index contributed by atoms with van der Waals surface area (Å²) in [5.74, 6) is -0.649. The molecule has 0 radical (unpaired) electrons. The number of nitrogens with zero attached hydrogens (tertiary/aromatic N) is 3. The van der Waals surface area contributed by atoms with Crippen LogP contribution in [0.3, 0.4) is 0 Å². The van der Waals surface area contributed by atoms with E-state index in [2.05, 4.69) is 15.4 Å². The van der Waals surface area contributed by atoms with Crippen molar-refractivity contribution in [1.29, 1.82) is 0 Å². The summed E-state index contributed by atoms with van der Waals surface area (Å²) >= 11 is 0. The van der Waals surface area contributed by atoms with Crippen LogP contribution in [0.5, 0.6) is 0 Å². The molecule has 0 unspecified atom stereocenters. The average molecular weight is 266 g/mol. The van der Waals surface area contributed by atoms with Crippen molar-refractivity contribution in [3.8, 4) is 0 Å². The lowest BCUT2D eigenvalue weighted by Gasteiger charge is -2.26. The molecule has 19 heavy (non-hydrogen) atoms. The van der Waals surface area contributed by atoms with E-state index in [-0.39, 0.29) is 17.6 Å². The Hall–Kier alpha value is -1.92. The molecule has 1 amide bonds. The van der Waals surface area contributed by atoms with Crippen molar-refractivity contribution >= 4 is 11.9 Å². The summed E-state index contributed by atoms with van der Waals surface area (Å²) in [5, 5.41) is 9.75. The van der Waals surface area contributed by atoms with Crippen LogP contribution in [0.1, 0.15) is 44.1 Å². The molecule has 2 rings (SSSR count). The molecule has 7 nitrogen and oxygen atoms in total. The molecule has 1 fully saturated rings. The number of ether oxygens (including phenoxy) is 1. The second-order valence-electron chi connectivity index (χ2n) is 5.55.